The Kier molecular flexibility index (Phi) is 4.34. The van der Waals surface area contributed by atoms with Crippen molar-refractivity contribution in [2.45, 2.75) is 49.3 Å². The maximum absolute atomic E-state index is 14.4. The summed E-state index contributed by atoms with van der Waals surface area (Å²) in [4.78, 5) is 0.143. The van der Waals surface area contributed by atoms with E-state index in [0.717, 1.165) is 44.1 Å². The monoisotopic (exact) mass is 413 g/mol. The van der Waals surface area contributed by atoms with Gasteiger partial charge in [-0.3, -0.25) is 4.72 Å². The Morgan fingerprint density at radius 2 is 1.83 bits per heavy atom. The van der Waals surface area contributed by atoms with Gasteiger partial charge in [0.05, 0.1) is 16.3 Å². The van der Waals surface area contributed by atoms with Crippen LogP contribution in [0.15, 0.2) is 41.3 Å². The summed E-state index contributed by atoms with van der Waals surface area (Å²) >= 11 is 0. The number of hydrogen-bond acceptors (Lipinski definition) is 5. The van der Waals surface area contributed by atoms with Crippen molar-refractivity contribution in [3.63, 3.8) is 0 Å². The normalized spacial score (nSPS) is 16.4. The molecule has 1 heterocycles. The molecule has 0 saturated heterocycles. The van der Waals surface area contributed by atoms with Crippen molar-refractivity contribution < 1.29 is 12.8 Å². The van der Waals surface area contributed by atoms with E-state index in [1.165, 1.54) is 28.4 Å². The minimum absolute atomic E-state index is 0.127. The van der Waals surface area contributed by atoms with Gasteiger partial charge in [-0.1, -0.05) is 6.07 Å². The standard InChI is InChI=1S/C20H20FN5O2S/c21-18-10-8-16(26-20(14-5-6-14)22-24-25-26)12-19(18)23-29(27,28)17-9-7-13-3-1-2-4-15(13)11-17/h7-12,14,23H,1-6H2. The molecule has 150 valence electrons. The van der Waals surface area contributed by atoms with Gasteiger partial charge >= 0.3 is 0 Å². The van der Waals surface area contributed by atoms with Crippen LogP contribution in [0.3, 0.4) is 0 Å². The lowest BCUT2D eigenvalue weighted by molar-refractivity contribution is 0.597. The first-order chi connectivity index (χ1) is 14.0. The summed E-state index contributed by atoms with van der Waals surface area (Å²) in [5.74, 6) is 0.349. The average molecular weight is 413 g/mol. The van der Waals surface area contributed by atoms with Crippen molar-refractivity contribution in [1.82, 2.24) is 20.2 Å². The van der Waals surface area contributed by atoms with E-state index in [1.807, 2.05) is 6.07 Å². The fraction of sp³-hybridized carbons (Fsp3) is 0.350. The second-order valence-electron chi connectivity index (χ2n) is 7.63. The summed E-state index contributed by atoms with van der Waals surface area (Å²) in [5.41, 5.74) is 2.63. The lowest BCUT2D eigenvalue weighted by atomic mass is 9.92. The zero-order valence-electron chi connectivity index (χ0n) is 15.7. The molecule has 2 aliphatic carbocycles. The molecule has 1 aromatic heterocycles. The van der Waals surface area contributed by atoms with Crippen LogP contribution in [0.4, 0.5) is 10.1 Å². The molecule has 1 N–H and O–H groups in total. The fourth-order valence-corrected chi connectivity index (χ4v) is 4.89. The first-order valence-corrected chi connectivity index (χ1v) is 11.2. The molecule has 1 fully saturated rings. The van der Waals surface area contributed by atoms with E-state index in [-0.39, 0.29) is 10.6 Å². The summed E-state index contributed by atoms with van der Waals surface area (Å²) < 4.78 is 44.1. The molecule has 3 aromatic rings. The van der Waals surface area contributed by atoms with E-state index in [1.54, 1.807) is 12.1 Å². The van der Waals surface area contributed by atoms with Crippen LogP contribution in [0.25, 0.3) is 5.69 Å². The molecule has 0 spiro atoms. The highest BCUT2D eigenvalue weighted by Crippen LogP contribution is 2.39. The Balaban J connectivity index is 1.47. The lowest BCUT2D eigenvalue weighted by Crippen LogP contribution is -2.16. The summed E-state index contributed by atoms with van der Waals surface area (Å²) in [6.07, 6.45) is 6.03. The third-order valence-corrected chi connectivity index (χ3v) is 6.87. The maximum atomic E-state index is 14.4. The van der Waals surface area contributed by atoms with Crippen LogP contribution in [0, 0.1) is 5.82 Å². The van der Waals surface area contributed by atoms with Crippen LogP contribution in [-0.2, 0) is 22.9 Å². The Hall–Kier alpha value is -2.81. The largest absolute Gasteiger partial charge is 0.277 e. The number of anilines is 1. The zero-order chi connectivity index (χ0) is 20.0. The predicted molar refractivity (Wildman–Crippen MR) is 105 cm³/mol. The Bertz CT molecular complexity index is 1190. The molecule has 2 aliphatic rings. The molecule has 0 atom stereocenters. The second-order valence-corrected chi connectivity index (χ2v) is 9.31. The molecule has 0 unspecified atom stereocenters. The molecule has 9 heteroatoms. The van der Waals surface area contributed by atoms with Crippen molar-refractivity contribution in [3.05, 3.63) is 59.2 Å². The number of nitrogens with zero attached hydrogens (tertiary/aromatic N) is 4. The first-order valence-electron chi connectivity index (χ1n) is 9.74. The van der Waals surface area contributed by atoms with Crippen LogP contribution < -0.4 is 4.72 Å². The Labute approximate surface area is 168 Å². The Morgan fingerprint density at radius 3 is 2.62 bits per heavy atom. The minimum Gasteiger partial charge on any atom is -0.277 e. The van der Waals surface area contributed by atoms with Gasteiger partial charge in [0.25, 0.3) is 10.0 Å². The van der Waals surface area contributed by atoms with Gasteiger partial charge in [0.2, 0.25) is 0 Å². The molecule has 2 aromatic carbocycles. The number of tetrazole rings is 1. The molecule has 0 aliphatic heterocycles. The van der Waals surface area contributed by atoms with Crippen molar-refractivity contribution in [3.8, 4) is 5.69 Å². The average Bonchev–Trinajstić information content (AvgIpc) is 3.45. The first kappa shape index (κ1) is 18.2. The number of rotatable bonds is 5. The maximum Gasteiger partial charge on any atom is 0.261 e. The second kappa shape index (κ2) is 6.91. The fourth-order valence-electron chi connectivity index (χ4n) is 3.78. The third kappa shape index (κ3) is 3.50. The molecule has 5 rings (SSSR count). The molecule has 0 radical (unpaired) electrons. The molecule has 0 amide bonds. The highest BCUT2D eigenvalue weighted by molar-refractivity contribution is 7.92. The van der Waals surface area contributed by atoms with Crippen LogP contribution >= 0.6 is 0 Å². The number of halogens is 1. The number of aromatic nitrogens is 4. The van der Waals surface area contributed by atoms with Crippen LogP contribution in [-0.4, -0.2) is 28.6 Å². The summed E-state index contributed by atoms with van der Waals surface area (Å²) in [5, 5.41) is 11.7. The van der Waals surface area contributed by atoms with Crippen molar-refractivity contribution in [2.24, 2.45) is 0 Å². The van der Waals surface area contributed by atoms with Gasteiger partial charge in [0.1, 0.15) is 5.82 Å². The van der Waals surface area contributed by atoms with Crippen LogP contribution in [0.5, 0.6) is 0 Å². The number of nitrogens with one attached hydrogen (secondary N) is 1. The van der Waals surface area contributed by atoms with E-state index in [0.29, 0.717) is 17.4 Å². The van der Waals surface area contributed by atoms with E-state index >= 15 is 0 Å². The quantitative estimate of drug-likeness (QED) is 0.693. The van der Waals surface area contributed by atoms with Gasteiger partial charge in [-0.05, 0) is 90.4 Å². The molecular weight excluding hydrogens is 393 g/mol. The van der Waals surface area contributed by atoms with Gasteiger partial charge in [-0.15, -0.1) is 5.10 Å². The molecule has 1 saturated carbocycles. The topological polar surface area (TPSA) is 89.8 Å². The summed E-state index contributed by atoms with van der Waals surface area (Å²) in [6, 6.07) is 9.32. The van der Waals surface area contributed by atoms with E-state index < -0.39 is 15.8 Å². The highest BCUT2D eigenvalue weighted by atomic mass is 32.2. The third-order valence-electron chi connectivity index (χ3n) is 5.51. The summed E-state index contributed by atoms with van der Waals surface area (Å²) in [6.45, 7) is 0. The number of benzene rings is 2. The van der Waals surface area contributed by atoms with Crippen molar-refractivity contribution in [1.29, 1.82) is 0 Å². The molecule has 29 heavy (non-hydrogen) atoms. The Morgan fingerprint density at radius 1 is 1.03 bits per heavy atom. The number of aryl methyl sites for hydroxylation is 2. The van der Waals surface area contributed by atoms with E-state index in [4.69, 9.17) is 0 Å². The lowest BCUT2D eigenvalue weighted by Gasteiger charge is -2.17. The van der Waals surface area contributed by atoms with Crippen molar-refractivity contribution >= 4 is 15.7 Å². The van der Waals surface area contributed by atoms with Crippen LogP contribution in [0.1, 0.15) is 48.6 Å². The summed E-state index contributed by atoms with van der Waals surface area (Å²) in [7, 11) is -3.92. The van der Waals surface area contributed by atoms with Gasteiger partial charge in [-0.25, -0.2) is 12.8 Å². The predicted octanol–water partition coefficient (Wildman–Crippen LogP) is 3.36. The van der Waals surface area contributed by atoms with E-state index in [2.05, 4.69) is 20.2 Å². The van der Waals surface area contributed by atoms with Crippen LogP contribution in [0.2, 0.25) is 0 Å². The van der Waals surface area contributed by atoms with Gasteiger partial charge in [0, 0.05) is 5.92 Å². The van der Waals surface area contributed by atoms with Gasteiger partial charge in [-0.2, -0.15) is 4.68 Å². The van der Waals surface area contributed by atoms with Crippen molar-refractivity contribution in [2.75, 3.05) is 4.72 Å². The molecular formula is C20H20FN5O2S. The van der Waals surface area contributed by atoms with Gasteiger partial charge in [0.15, 0.2) is 5.82 Å². The smallest absolute Gasteiger partial charge is 0.261 e. The molecule has 0 bridgehead atoms. The van der Waals surface area contributed by atoms with Gasteiger partial charge < -0.3 is 0 Å². The highest BCUT2D eigenvalue weighted by Gasteiger charge is 2.30. The number of sulfonamides is 1. The number of hydrogen-bond donors (Lipinski definition) is 1. The van der Waals surface area contributed by atoms with E-state index in [9.17, 15) is 12.8 Å². The zero-order valence-corrected chi connectivity index (χ0v) is 16.5. The SMILES string of the molecule is O=S(=O)(Nc1cc(-n2nnnc2C2CC2)ccc1F)c1ccc2c(c1)CCCC2. The molecule has 7 nitrogen and oxygen atoms in total. The minimum atomic E-state index is -3.92. The number of fused-ring (bicyclic) bond motifs is 1.